The van der Waals surface area contributed by atoms with Crippen LogP contribution in [-0.4, -0.2) is 10.9 Å². The number of nitrogens with two attached hydrogens (primary N) is 1. The lowest BCUT2D eigenvalue weighted by Gasteiger charge is -2.07. The molecular weight excluding hydrogens is 200 g/mol. The van der Waals surface area contributed by atoms with Gasteiger partial charge in [0.1, 0.15) is 0 Å². The summed E-state index contributed by atoms with van der Waals surface area (Å²) in [4.78, 5) is 15.6. The molecule has 0 atom stereocenters. The Bertz CT molecular complexity index is 561. The maximum absolute atomic E-state index is 11.2. The third kappa shape index (κ3) is 1.65. The van der Waals surface area contributed by atoms with Crippen molar-refractivity contribution in [2.45, 2.75) is 20.3 Å². The number of nitrogens with zero attached hydrogens (tertiary/aromatic N) is 1. The molecule has 2 aromatic rings. The van der Waals surface area contributed by atoms with Crippen molar-refractivity contribution in [3.8, 4) is 0 Å². The van der Waals surface area contributed by atoms with E-state index in [-0.39, 0.29) is 0 Å². The topological polar surface area (TPSA) is 56.0 Å². The van der Waals surface area contributed by atoms with E-state index in [0.717, 1.165) is 22.9 Å². The van der Waals surface area contributed by atoms with Gasteiger partial charge in [-0.25, -0.2) is 0 Å². The van der Waals surface area contributed by atoms with Crippen molar-refractivity contribution >= 4 is 16.8 Å². The van der Waals surface area contributed by atoms with Crippen molar-refractivity contribution in [3.05, 3.63) is 41.1 Å². The molecular formula is C13H13N2O. The molecule has 0 aliphatic carbocycles. The van der Waals surface area contributed by atoms with E-state index in [9.17, 15) is 4.79 Å². The molecule has 81 valence electrons. The Balaban J connectivity index is 2.80. The summed E-state index contributed by atoms with van der Waals surface area (Å²) in [6.45, 7) is 3.84. The van der Waals surface area contributed by atoms with Crippen LogP contribution in [0.3, 0.4) is 0 Å². The number of benzene rings is 1. The zero-order chi connectivity index (χ0) is 11.7. The van der Waals surface area contributed by atoms with Gasteiger partial charge in [-0.15, -0.1) is 0 Å². The predicted octanol–water partition coefficient (Wildman–Crippen LogP) is 2.00. The van der Waals surface area contributed by atoms with Crippen LogP contribution >= 0.6 is 0 Å². The molecule has 0 unspecified atom stereocenters. The second kappa shape index (κ2) is 3.93. The number of rotatable bonds is 2. The van der Waals surface area contributed by atoms with E-state index >= 15 is 0 Å². The number of primary amides is 1. The highest BCUT2D eigenvalue weighted by atomic mass is 16.1. The summed E-state index contributed by atoms with van der Waals surface area (Å²) in [7, 11) is 0. The third-order valence-electron chi connectivity index (χ3n) is 2.69. The number of pyridine rings is 1. The van der Waals surface area contributed by atoms with Crippen molar-refractivity contribution in [3.63, 3.8) is 0 Å². The second-order valence-electron chi connectivity index (χ2n) is 3.73. The largest absolute Gasteiger partial charge is 0.366 e. The molecule has 1 radical (unpaired) electrons. The molecule has 0 saturated carbocycles. The van der Waals surface area contributed by atoms with Gasteiger partial charge in [0.2, 0.25) is 0 Å². The average Bonchev–Trinajstić information content (AvgIpc) is 2.26. The Hall–Kier alpha value is -1.90. The maximum atomic E-state index is 11.2. The summed E-state index contributed by atoms with van der Waals surface area (Å²) < 4.78 is 0. The van der Waals surface area contributed by atoms with Crippen LogP contribution in [0.4, 0.5) is 0 Å². The van der Waals surface area contributed by atoms with Crippen molar-refractivity contribution in [2.24, 2.45) is 5.73 Å². The monoisotopic (exact) mass is 213 g/mol. The Morgan fingerprint density at radius 1 is 1.56 bits per heavy atom. The maximum Gasteiger partial charge on any atom is 0.250 e. The van der Waals surface area contributed by atoms with E-state index in [1.807, 2.05) is 18.2 Å². The summed E-state index contributed by atoms with van der Waals surface area (Å²) >= 11 is 0. The van der Waals surface area contributed by atoms with Crippen molar-refractivity contribution in [1.29, 1.82) is 0 Å². The number of carbonyl (C=O) groups excluding carboxylic acids is 1. The van der Waals surface area contributed by atoms with Crippen LogP contribution in [0.1, 0.15) is 28.5 Å². The van der Waals surface area contributed by atoms with E-state index in [1.165, 1.54) is 0 Å². The fraction of sp³-hybridized carbons (Fsp3) is 0.231. The third-order valence-corrected chi connectivity index (χ3v) is 2.69. The summed E-state index contributed by atoms with van der Waals surface area (Å²) in [5.74, 6) is -0.433. The lowest BCUT2D eigenvalue weighted by Crippen LogP contribution is -2.13. The van der Waals surface area contributed by atoms with Crippen LogP contribution in [0, 0.1) is 13.0 Å². The number of hydrogen-bond acceptors (Lipinski definition) is 2. The van der Waals surface area contributed by atoms with Gasteiger partial charge in [-0.1, -0.05) is 13.0 Å². The highest BCUT2D eigenvalue weighted by Crippen LogP contribution is 2.20. The molecule has 3 nitrogen and oxygen atoms in total. The summed E-state index contributed by atoms with van der Waals surface area (Å²) in [6.07, 6.45) is 0.861. The summed E-state index contributed by atoms with van der Waals surface area (Å²) in [5.41, 5.74) is 8.42. The van der Waals surface area contributed by atoms with Gasteiger partial charge < -0.3 is 5.73 Å². The first kappa shape index (κ1) is 10.6. The first-order valence-electron chi connectivity index (χ1n) is 5.24. The molecule has 0 aliphatic rings. The molecule has 0 aliphatic heterocycles. The van der Waals surface area contributed by atoms with Gasteiger partial charge in [-0.3, -0.25) is 9.78 Å². The van der Waals surface area contributed by atoms with E-state index in [0.29, 0.717) is 11.3 Å². The van der Waals surface area contributed by atoms with Crippen LogP contribution in [0.25, 0.3) is 10.9 Å². The highest BCUT2D eigenvalue weighted by molar-refractivity contribution is 5.98. The number of carbonyl (C=O) groups is 1. The van der Waals surface area contributed by atoms with Gasteiger partial charge in [-0.05, 0) is 37.1 Å². The standard InChI is InChI=1S/C13H13N2O/c1-3-9-5-4-6-12-11(9)7-10(13(14)16)8(2)15-12/h4,6-7H,3H2,1-2H3,(H2,14,16). The lowest BCUT2D eigenvalue weighted by molar-refractivity contribution is 0.0999. The molecule has 0 spiro atoms. The smallest absolute Gasteiger partial charge is 0.250 e. The first-order valence-corrected chi connectivity index (χ1v) is 5.24. The van der Waals surface area contributed by atoms with Gasteiger partial charge in [0.25, 0.3) is 5.91 Å². The van der Waals surface area contributed by atoms with E-state index in [2.05, 4.69) is 18.0 Å². The first-order chi connectivity index (χ1) is 7.63. The Morgan fingerprint density at radius 2 is 2.31 bits per heavy atom. The zero-order valence-electron chi connectivity index (χ0n) is 9.37. The molecule has 16 heavy (non-hydrogen) atoms. The van der Waals surface area contributed by atoms with Crippen molar-refractivity contribution in [1.82, 2.24) is 4.98 Å². The normalized spacial score (nSPS) is 10.6. The molecule has 2 N–H and O–H groups in total. The number of amides is 1. The van der Waals surface area contributed by atoms with Crippen molar-refractivity contribution in [2.75, 3.05) is 0 Å². The molecule has 0 bridgehead atoms. The molecule has 1 amide bonds. The molecule has 0 saturated heterocycles. The van der Waals surface area contributed by atoms with Gasteiger partial charge >= 0.3 is 0 Å². The summed E-state index contributed by atoms with van der Waals surface area (Å²) in [6, 6.07) is 8.72. The molecule has 3 heteroatoms. The number of hydrogen-bond donors (Lipinski definition) is 1. The zero-order valence-corrected chi connectivity index (χ0v) is 9.37. The van der Waals surface area contributed by atoms with Crippen LogP contribution in [-0.2, 0) is 6.42 Å². The minimum atomic E-state index is -0.433. The number of aromatic nitrogens is 1. The minimum absolute atomic E-state index is 0.433. The average molecular weight is 213 g/mol. The van der Waals surface area contributed by atoms with Crippen LogP contribution < -0.4 is 5.73 Å². The molecule has 0 fully saturated rings. The van der Waals surface area contributed by atoms with Crippen LogP contribution in [0.5, 0.6) is 0 Å². The SMILES string of the molecule is CCc1[c]ccc2nc(C)c(C(N)=O)cc12. The summed E-state index contributed by atoms with van der Waals surface area (Å²) in [5, 5.41) is 0.962. The molecule has 1 heterocycles. The number of fused-ring (bicyclic) bond motifs is 1. The molecule has 1 aromatic heterocycles. The molecule has 2 rings (SSSR count). The van der Waals surface area contributed by atoms with E-state index < -0.39 is 5.91 Å². The Kier molecular flexibility index (Phi) is 2.60. The lowest BCUT2D eigenvalue weighted by atomic mass is 10.0. The highest BCUT2D eigenvalue weighted by Gasteiger charge is 2.09. The minimum Gasteiger partial charge on any atom is -0.366 e. The van der Waals surface area contributed by atoms with Gasteiger partial charge in [0.05, 0.1) is 16.8 Å². The van der Waals surface area contributed by atoms with Crippen LogP contribution in [0.15, 0.2) is 18.2 Å². The van der Waals surface area contributed by atoms with Crippen molar-refractivity contribution < 1.29 is 4.79 Å². The Labute approximate surface area is 94.3 Å². The quantitative estimate of drug-likeness (QED) is 0.829. The van der Waals surface area contributed by atoms with Crippen LogP contribution in [0.2, 0.25) is 0 Å². The van der Waals surface area contributed by atoms with E-state index in [1.54, 1.807) is 6.92 Å². The van der Waals surface area contributed by atoms with Gasteiger partial charge in [-0.2, -0.15) is 0 Å². The predicted molar refractivity (Wildman–Crippen MR) is 63.2 cm³/mol. The fourth-order valence-electron chi connectivity index (χ4n) is 1.83. The number of aryl methyl sites for hydroxylation is 2. The Morgan fingerprint density at radius 3 is 2.94 bits per heavy atom. The fourth-order valence-corrected chi connectivity index (χ4v) is 1.83. The molecule has 1 aromatic carbocycles. The van der Waals surface area contributed by atoms with Gasteiger partial charge in [0, 0.05) is 5.39 Å². The second-order valence-corrected chi connectivity index (χ2v) is 3.73. The van der Waals surface area contributed by atoms with Gasteiger partial charge in [0.15, 0.2) is 0 Å². The van der Waals surface area contributed by atoms with E-state index in [4.69, 9.17) is 5.73 Å².